The number of amides is 2. The second-order valence-electron chi connectivity index (χ2n) is 8.72. The fourth-order valence-corrected chi connectivity index (χ4v) is 4.74. The van der Waals surface area contributed by atoms with Crippen molar-refractivity contribution in [3.63, 3.8) is 0 Å². The van der Waals surface area contributed by atoms with E-state index in [4.69, 9.17) is 0 Å². The highest BCUT2D eigenvalue weighted by atomic mass is 31.2. The molecule has 16 nitrogen and oxygen atoms in total. The predicted molar refractivity (Wildman–Crippen MR) is 144 cm³/mol. The smallest absolute Gasteiger partial charge is 0.321 e. The number of carbonyl (C=O) groups excluding carboxylic acids is 2. The molecule has 0 spiro atoms. The normalized spacial score (nSPS) is 11.6. The number of carbonyl (C=O) groups is 2. The maximum Gasteiger partial charge on any atom is 0.356 e. The van der Waals surface area contributed by atoms with Gasteiger partial charge in [0, 0.05) is 25.0 Å². The number of nitro benzene ring substituents is 2. The molecule has 0 unspecified atom stereocenters. The summed E-state index contributed by atoms with van der Waals surface area (Å²) in [5.74, 6) is -0.988. The molecule has 2 rings (SSSR count). The third-order valence-electron chi connectivity index (χ3n) is 5.63. The molecule has 2 amide bonds. The zero-order chi connectivity index (χ0) is 30.1. The molecule has 6 N–H and O–H groups in total. The average Bonchev–Trinajstić information content (AvgIpc) is 2.84. The first-order valence-electron chi connectivity index (χ1n) is 11.9. The van der Waals surface area contributed by atoms with E-state index in [2.05, 4.69) is 10.6 Å². The highest BCUT2D eigenvalue weighted by molar-refractivity contribution is 7.60. The van der Waals surface area contributed by atoms with Gasteiger partial charge in [-0.25, -0.2) is 0 Å². The minimum absolute atomic E-state index is 0.0688. The van der Waals surface area contributed by atoms with Gasteiger partial charge in [0.05, 0.1) is 20.5 Å². The monoisotopic (exact) mass is 602 g/mol. The van der Waals surface area contributed by atoms with Crippen molar-refractivity contribution in [2.75, 3.05) is 10.6 Å². The van der Waals surface area contributed by atoms with E-state index >= 15 is 0 Å². The zero-order valence-corrected chi connectivity index (χ0v) is 22.8. The molecule has 2 aromatic carbocycles. The van der Waals surface area contributed by atoms with Crippen LogP contribution in [-0.2, 0) is 18.7 Å². The van der Waals surface area contributed by atoms with Crippen molar-refractivity contribution in [3.8, 4) is 0 Å². The number of nitrogens with one attached hydrogen (secondary N) is 2. The second-order valence-corrected chi connectivity index (χ2v) is 11.9. The highest BCUT2D eigenvalue weighted by Crippen LogP contribution is 2.37. The Morgan fingerprint density at radius 2 is 0.975 bits per heavy atom. The van der Waals surface area contributed by atoms with Crippen LogP contribution in [0.5, 0.6) is 0 Å². The van der Waals surface area contributed by atoms with Crippen molar-refractivity contribution >= 4 is 60.4 Å². The molecule has 0 aliphatic carbocycles. The Labute approximate surface area is 227 Å². The van der Waals surface area contributed by atoms with Gasteiger partial charge in [0.15, 0.2) is 0 Å². The fraction of sp³-hybridized carbons (Fsp3) is 0.364. The first kappa shape index (κ1) is 32.7. The number of hydrogen-bond acceptors (Lipinski definition) is 8. The Bertz CT molecular complexity index is 1270. The Hall–Kier alpha value is -3.52. The summed E-state index contributed by atoms with van der Waals surface area (Å²) < 4.78 is 22.6. The van der Waals surface area contributed by atoms with Crippen molar-refractivity contribution in [1.82, 2.24) is 0 Å². The number of benzene rings is 2. The number of hydrogen-bond donors (Lipinski definition) is 6. The molecule has 0 aliphatic rings. The summed E-state index contributed by atoms with van der Waals surface area (Å²) in [7, 11) is -9.39. The van der Waals surface area contributed by atoms with Crippen LogP contribution in [-0.4, -0.2) is 41.2 Å². The number of anilines is 2. The molecule has 0 aromatic heterocycles. The Morgan fingerprint density at radius 1 is 0.650 bits per heavy atom. The van der Waals surface area contributed by atoms with E-state index in [1.807, 2.05) is 0 Å². The number of rotatable bonds is 15. The van der Waals surface area contributed by atoms with Gasteiger partial charge in [0.2, 0.25) is 11.8 Å². The molecular weight excluding hydrogens is 574 g/mol. The van der Waals surface area contributed by atoms with Crippen molar-refractivity contribution < 1.29 is 48.1 Å². The molecule has 0 saturated heterocycles. The lowest BCUT2D eigenvalue weighted by Gasteiger charge is -2.09. The second kappa shape index (κ2) is 14.2. The Morgan fingerprint density at radius 3 is 1.27 bits per heavy atom. The summed E-state index contributed by atoms with van der Waals surface area (Å²) in [6.45, 7) is 0. The maximum atomic E-state index is 12.2. The lowest BCUT2D eigenvalue weighted by atomic mass is 10.1. The summed E-state index contributed by atoms with van der Waals surface area (Å²) >= 11 is 0. The third-order valence-corrected chi connectivity index (χ3v) is 7.54. The molecule has 0 fully saturated rings. The Balaban J connectivity index is 1.70. The van der Waals surface area contributed by atoms with Crippen LogP contribution < -0.4 is 21.2 Å². The minimum Gasteiger partial charge on any atom is -0.321 e. The van der Waals surface area contributed by atoms with Crippen molar-refractivity contribution in [1.29, 1.82) is 0 Å². The molecule has 18 heteroatoms. The molecule has 2 aromatic rings. The molecule has 0 saturated carbocycles. The van der Waals surface area contributed by atoms with E-state index < -0.39 is 58.8 Å². The molecule has 0 heterocycles. The van der Waals surface area contributed by atoms with Crippen molar-refractivity contribution in [2.24, 2.45) is 0 Å². The van der Waals surface area contributed by atoms with Crippen molar-refractivity contribution in [3.05, 3.63) is 56.6 Å². The van der Waals surface area contributed by atoms with E-state index in [1.165, 1.54) is 0 Å². The standard InChI is InChI=1S/C22H28N4O12P2/c27-21(23-17-11-9-15(39(33,34)35)13-19(17)25(29)30)7-5-3-1-2-4-6-8-22(28)24-18-12-10-16(40(36,37)38)14-20(18)26(31)32/h9-14H,1-8H2,(H,23,27)(H,24,28)(H2,33,34,35)(H2,36,37,38). The van der Waals surface area contributed by atoms with Gasteiger partial charge in [-0.3, -0.25) is 38.9 Å². The van der Waals surface area contributed by atoms with Gasteiger partial charge in [-0.15, -0.1) is 0 Å². The van der Waals surface area contributed by atoms with Crippen LogP contribution in [0.4, 0.5) is 22.7 Å². The summed E-state index contributed by atoms with van der Waals surface area (Å²) in [5, 5.41) is 26.1. The molecule has 0 bridgehead atoms. The van der Waals surface area contributed by atoms with Gasteiger partial charge in [-0.05, 0) is 37.1 Å². The molecule has 0 aliphatic heterocycles. The summed E-state index contributed by atoms with van der Waals surface area (Å²) in [6, 6.07) is 5.59. The lowest BCUT2D eigenvalue weighted by Crippen LogP contribution is -2.14. The van der Waals surface area contributed by atoms with Gasteiger partial charge in [-0.1, -0.05) is 25.7 Å². The fourth-order valence-electron chi connectivity index (χ4n) is 3.62. The van der Waals surface area contributed by atoms with Crippen LogP contribution >= 0.6 is 15.2 Å². The third kappa shape index (κ3) is 10.2. The van der Waals surface area contributed by atoms with Gasteiger partial charge in [0.25, 0.3) is 11.4 Å². The van der Waals surface area contributed by atoms with Crippen LogP contribution in [0.1, 0.15) is 51.4 Å². The average molecular weight is 602 g/mol. The van der Waals surface area contributed by atoms with E-state index in [-0.39, 0.29) is 24.2 Å². The lowest BCUT2D eigenvalue weighted by molar-refractivity contribution is -0.384. The topological polar surface area (TPSA) is 260 Å². The summed E-state index contributed by atoms with van der Waals surface area (Å²) in [6.07, 6.45) is 3.90. The SMILES string of the molecule is O=C(CCCCCCCCC(=O)Nc1ccc(P(=O)(O)O)cc1[N+](=O)[O-])Nc1ccc(P(=O)(O)O)cc1[N+](=O)[O-]. The highest BCUT2D eigenvalue weighted by Gasteiger charge is 2.25. The van der Waals surface area contributed by atoms with Crippen LogP contribution in [0, 0.1) is 20.2 Å². The van der Waals surface area contributed by atoms with Crippen molar-refractivity contribution in [2.45, 2.75) is 51.4 Å². The molecule has 218 valence electrons. The number of nitrogens with zero attached hydrogens (tertiary/aromatic N) is 2. The van der Waals surface area contributed by atoms with E-state index in [9.17, 15) is 58.5 Å². The number of nitro groups is 2. The summed E-state index contributed by atoms with van der Waals surface area (Å²) in [5.41, 5.74) is -1.61. The van der Waals surface area contributed by atoms with Crippen LogP contribution in [0.15, 0.2) is 36.4 Å². The minimum atomic E-state index is -4.69. The van der Waals surface area contributed by atoms with Gasteiger partial charge in [-0.2, -0.15) is 0 Å². The van der Waals surface area contributed by atoms with Crippen LogP contribution in [0.3, 0.4) is 0 Å². The molecule has 0 radical (unpaired) electrons. The predicted octanol–water partition coefficient (Wildman–Crippen LogP) is 2.81. The van der Waals surface area contributed by atoms with Gasteiger partial charge >= 0.3 is 15.2 Å². The number of unbranched alkanes of at least 4 members (excludes halogenated alkanes) is 5. The van der Waals surface area contributed by atoms with Crippen LogP contribution in [0.25, 0.3) is 0 Å². The van der Waals surface area contributed by atoms with E-state index in [1.54, 1.807) is 0 Å². The van der Waals surface area contributed by atoms with E-state index in [0.29, 0.717) is 25.7 Å². The maximum absolute atomic E-state index is 12.2. The van der Waals surface area contributed by atoms with E-state index in [0.717, 1.165) is 49.2 Å². The quantitative estimate of drug-likeness (QED) is 0.0744. The molecule has 40 heavy (non-hydrogen) atoms. The van der Waals surface area contributed by atoms with Gasteiger partial charge in [0.1, 0.15) is 11.4 Å². The summed E-state index contributed by atoms with van der Waals surface area (Å²) in [4.78, 5) is 81.7. The molecular formula is C22H28N4O12P2. The first-order valence-corrected chi connectivity index (χ1v) is 15.1. The van der Waals surface area contributed by atoms with Gasteiger partial charge < -0.3 is 30.2 Å². The van der Waals surface area contributed by atoms with Crippen LogP contribution in [0.2, 0.25) is 0 Å². The Kier molecular flexibility index (Phi) is 11.6. The molecule has 0 atom stereocenters. The first-order chi connectivity index (χ1) is 18.6. The largest absolute Gasteiger partial charge is 0.356 e. The zero-order valence-electron chi connectivity index (χ0n) is 21.0.